The molecule has 2 aromatic carbocycles. The molecular weight excluding hydrogens is 396 g/mol. The maximum atomic E-state index is 12.6. The van der Waals surface area contributed by atoms with Crippen molar-refractivity contribution in [2.75, 3.05) is 10.0 Å². The smallest absolute Gasteiger partial charge is 0.265 e. The number of hydrogen-bond donors (Lipinski definition) is 2. The number of sulfonamides is 1. The number of aryl methyl sites for hydroxylation is 1. The maximum Gasteiger partial charge on any atom is 0.265 e. The average Bonchev–Trinajstić information content (AvgIpc) is 2.48. The number of carbonyl (C=O) groups is 1. The van der Waals surface area contributed by atoms with Gasteiger partial charge in [-0.3, -0.25) is 9.52 Å². The van der Waals surface area contributed by atoms with Crippen molar-refractivity contribution in [3.63, 3.8) is 0 Å². The molecule has 1 amide bonds. The van der Waals surface area contributed by atoms with Crippen LogP contribution >= 0.6 is 15.9 Å². The number of carbonyl (C=O) groups excluding carboxylic acids is 1. The number of benzene rings is 2. The summed E-state index contributed by atoms with van der Waals surface area (Å²) in [6.45, 7) is 3.52. The predicted molar refractivity (Wildman–Crippen MR) is 94.8 cm³/mol. The molecule has 0 saturated carbocycles. The van der Waals surface area contributed by atoms with E-state index in [2.05, 4.69) is 26.0 Å². The fourth-order valence-electron chi connectivity index (χ4n) is 2.31. The lowest BCUT2D eigenvalue weighted by Crippen LogP contribution is -2.34. The van der Waals surface area contributed by atoms with Gasteiger partial charge in [0.2, 0.25) is 0 Å². The Labute approximate surface area is 148 Å². The van der Waals surface area contributed by atoms with Crippen LogP contribution in [0.25, 0.3) is 0 Å². The van der Waals surface area contributed by atoms with Gasteiger partial charge in [0.05, 0.1) is 11.4 Å². The zero-order valence-electron chi connectivity index (χ0n) is 13.0. The molecule has 2 N–H and O–H groups in total. The highest BCUT2D eigenvalue weighted by Crippen LogP contribution is 2.33. The van der Waals surface area contributed by atoms with Gasteiger partial charge in [0.15, 0.2) is 6.10 Å². The first-order chi connectivity index (χ1) is 11.3. The van der Waals surface area contributed by atoms with E-state index in [9.17, 15) is 13.2 Å². The third kappa shape index (κ3) is 3.25. The van der Waals surface area contributed by atoms with E-state index in [0.717, 1.165) is 5.56 Å². The van der Waals surface area contributed by atoms with Crippen molar-refractivity contribution in [2.24, 2.45) is 0 Å². The van der Waals surface area contributed by atoms with Gasteiger partial charge in [-0.2, -0.15) is 0 Å². The minimum Gasteiger partial charge on any atom is -0.479 e. The fourth-order valence-corrected chi connectivity index (χ4v) is 4.55. The van der Waals surface area contributed by atoms with Gasteiger partial charge >= 0.3 is 0 Å². The first-order valence-electron chi connectivity index (χ1n) is 7.17. The van der Waals surface area contributed by atoms with Crippen LogP contribution in [0.3, 0.4) is 0 Å². The fraction of sp³-hybridized carbons (Fsp3) is 0.188. The standard InChI is InChI=1S/C16H15BrN2O4S/c1-9-3-6-15(12(17)7-9)24(21,22)19-11-4-5-14-13(8-11)18-16(20)10(2)23-14/h3-8,10,19H,1-2H3,(H,18,20). The number of halogens is 1. The molecule has 1 heterocycles. The zero-order chi connectivity index (χ0) is 17.5. The van der Waals surface area contributed by atoms with Crippen molar-refractivity contribution in [3.8, 4) is 5.75 Å². The van der Waals surface area contributed by atoms with E-state index in [1.807, 2.05) is 6.92 Å². The molecule has 0 fully saturated rings. The molecule has 0 radical (unpaired) electrons. The zero-order valence-corrected chi connectivity index (χ0v) is 15.4. The van der Waals surface area contributed by atoms with Crippen molar-refractivity contribution >= 4 is 43.2 Å². The summed E-state index contributed by atoms with van der Waals surface area (Å²) >= 11 is 3.27. The van der Waals surface area contributed by atoms with Gasteiger partial charge < -0.3 is 10.1 Å². The molecule has 3 rings (SSSR count). The Bertz CT molecular complexity index is 928. The van der Waals surface area contributed by atoms with Crippen LogP contribution in [-0.4, -0.2) is 20.4 Å². The molecule has 6 nitrogen and oxygen atoms in total. The lowest BCUT2D eigenvalue weighted by Gasteiger charge is -2.23. The lowest BCUT2D eigenvalue weighted by atomic mass is 10.2. The van der Waals surface area contributed by atoms with E-state index < -0.39 is 16.1 Å². The van der Waals surface area contributed by atoms with E-state index in [4.69, 9.17) is 4.74 Å². The SMILES string of the molecule is Cc1ccc(S(=O)(=O)Nc2ccc3c(c2)NC(=O)C(C)O3)c(Br)c1. The summed E-state index contributed by atoms with van der Waals surface area (Å²) in [6.07, 6.45) is -0.580. The highest BCUT2D eigenvalue weighted by molar-refractivity contribution is 9.10. The minimum absolute atomic E-state index is 0.139. The summed E-state index contributed by atoms with van der Waals surface area (Å²) in [5.41, 5.74) is 1.71. The Morgan fingerprint density at radius 2 is 1.96 bits per heavy atom. The first-order valence-corrected chi connectivity index (χ1v) is 9.44. The Balaban J connectivity index is 1.91. The summed E-state index contributed by atoms with van der Waals surface area (Å²) in [5.74, 6) is 0.227. The van der Waals surface area contributed by atoms with Gasteiger partial charge in [0.25, 0.3) is 15.9 Å². The molecule has 0 aromatic heterocycles. The summed E-state index contributed by atoms with van der Waals surface area (Å²) in [7, 11) is -3.76. The van der Waals surface area contributed by atoms with Crippen molar-refractivity contribution in [1.82, 2.24) is 0 Å². The number of rotatable bonds is 3. The molecule has 1 aliphatic heterocycles. The molecule has 24 heavy (non-hydrogen) atoms. The second kappa shape index (κ2) is 6.10. The Morgan fingerprint density at radius 3 is 2.67 bits per heavy atom. The highest BCUT2D eigenvalue weighted by Gasteiger charge is 2.24. The van der Waals surface area contributed by atoms with Crippen molar-refractivity contribution < 1.29 is 17.9 Å². The number of amides is 1. The monoisotopic (exact) mass is 410 g/mol. The molecule has 2 aromatic rings. The molecule has 0 saturated heterocycles. The Morgan fingerprint density at radius 1 is 1.21 bits per heavy atom. The van der Waals surface area contributed by atoms with Gasteiger partial charge in [-0.05, 0) is 65.7 Å². The van der Waals surface area contributed by atoms with Crippen molar-refractivity contribution in [3.05, 3.63) is 46.4 Å². The number of anilines is 2. The van der Waals surface area contributed by atoms with Crippen LogP contribution in [0.15, 0.2) is 45.8 Å². The van der Waals surface area contributed by atoms with E-state index in [0.29, 0.717) is 21.6 Å². The van der Waals surface area contributed by atoms with Crippen LogP contribution < -0.4 is 14.8 Å². The van der Waals surface area contributed by atoms with Crippen LogP contribution in [0.5, 0.6) is 5.75 Å². The van der Waals surface area contributed by atoms with E-state index in [-0.39, 0.29) is 10.8 Å². The van der Waals surface area contributed by atoms with Gasteiger partial charge in [-0.25, -0.2) is 8.42 Å². The predicted octanol–water partition coefficient (Wildman–Crippen LogP) is 3.28. The molecule has 1 atom stereocenters. The van der Waals surface area contributed by atoms with E-state index >= 15 is 0 Å². The number of fused-ring (bicyclic) bond motifs is 1. The Kier molecular flexibility index (Phi) is 4.27. The molecule has 8 heteroatoms. The average molecular weight is 411 g/mol. The summed E-state index contributed by atoms with van der Waals surface area (Å²) in [5, 5.41) is 2.69. The minimum atomic E-state index is -3.76. The van der Waals surface area contributed by atoms with Gasteiger partial charge in [0, 0.05) is 4.47 Å². The van der Waals surface area contributed by atoms with E-state index in [1.54, 1.807) is 31.2 Å². The van der Waals surface area contributed by atoms with Crippen LogP contribution in [0.4, 0.5) is 11.4 Å². The molecular formula is C16H15BrN2O4S. The lowest BCUT2D eigenvalue weighted by molar-refractivity contribution is -0.122. The molecule has 0 spiro atoms. The molecule has 1 aliphatic rings. The van der Waals surface area contributed by atoms with Crippen LogP contribution in [0.2, 0.25) is 0 Å². The second-order valence-corrected chi connectivity index (χ2v) is 8.00. The maximum absolute atomic E-state index is 12.6. The van der Waals surface area contributed by atoms with Gasteiger partial charge in [0.1, 0.15) is 10.6 Å². The van der Waals surface area contributed by atoms with Crippen LogP contribution in [0.1, 0.15) is 12.5 Å². The van der Waals surface area contributed by atoms with Gasteiger partial charge in [-0.15, -0.1) is 0 Å². The number of hydrogen-bond acceptors (Lipinski definition) is 4. The van der Waals surface area contributed by atoms with Crippen LogP contribution in [-0.2, 0) is 14.8 Å². The normalized spacial score (nSPS) is 16.8. The summed E-state index contributed by atoms with van der Waals surface area (Å²) in [6, 6.07) is 9.72. The van der Waals surface area contributed by atoms with E-state index in [1.165, 1.54) is 12.1 Å². The third-order valence-corrected chi connectivity index (χ3v) is 5.90. The highest BCUT2D eigenvalue weighted by atomic mass is 79.9. The molecule has 0 bridgehead atoms. The van der Waals surface area contributed by atoms with Crippen molar-refractivity contribution in [2.45, 2.75) is 24.8 Å². The van der Waals surface area contributed by atoms with Crippen LogP contribution in [0, 0.1) is 6.92 Å². The Hall–Kier alpha value is -2.06. The first kappa shape index (κ1) is 16.8. The topological polar surface area (TPSA) is 84.5 Å². The quantitative estimate of drug-likeness (QED) is 0.812. The van der Waals surface area contributed by atoms with Crippen molar-refractivity contribution in [1.29, 1.82) is 0 Å². The summed E-state index contributed by atoms with van der Waals surface area (Å²) < 4.78 is 33.6. The second-order valence-electron chi connectivity index (χ2n) is 5.50. The molecule has 126 valence electrons. The number of ether oxygens (including phenoxy) is 1. The molecule has 1 unspecified atom stereocenters. The summed E-state index contributed by atoms with van der Waals surface area (Å²) in [4.78, 5) is 11.8. The third-order valence-electron chi connectivity index (χ3n) is 3.54. The molecule has 0 aliphatic carbocycles. The largest absolute Gasteiger partial charge is 0.479 e. The van der Waals surface area contributed by atoms with Gasteiger partial charge in [-0.1, -0.05) is 6.07 Å². The number of nitrogens with one attached hydrogen (secondary N) is 2.